The Labute approximate surface area is 133 Å². The zero-order valence-corrected chi connectivity index (χ0v) is 13.6. The highest BCUT2D eigenvalue weighted by Crippen LogP contribution is 2.28. The largest absolute Gasteiger partial charge is 0.339 e. The second-order valence-corrected chi connectivity index (χ2v) is 7.02. The number of amides is 2. The molecule has 0 atom stereocenters. The van der Waals surface area contributed by atoms with Crippen molar-refractivity contribution in [3.8, 4) is 0 Å². The lowest BCUT2D eigenvalue weighted by Gasteiger charge is -2.38. The van der Waals surface area contributed by atoms with E-state index in [1.54, 1.807) is 0 Å². The van der Waals surface area contributed by atoms with E-state index in [0.29, 0.717) is 25.5 Å². The lowest BCUT2D eigenvalue weighted by atomic mass is 9.84. The third kappa shape index (κ3) is 3.80. The van der Waals surface area contributed by atoms with Crippen LogP contribution in [-0.2, 0) is 9.59 Å². The summed E-state index contributed by atoms with van der Waals surface area (Å²) < 4.78 is 0. The molecule has 5 heteroatoms. The molecule has 3 rings (SSSR count). The van der Waals surface area contributed by atoms with Crippen LogP contribution in [0.15, 0.2) is 0 Å². The van der Waals surface area contributed by atoms with Gasteiger partial charge in [-0.1, -0.05) is 19.3 Å². The SMILES string of the molecule is O=C(CN1CCCCCC1)N1CCN(C(=O)C2CCC2)CC1. The molecule has 0 radical (unpaired) electrons. The molecule has 0 aromatic heterocycles. The van der Waals surface area contributed by atoms with Crippen molar-refractivity contribution in [1.82, 2.24) is 14.7 Å². The minimum absolute atomic E-state index is 0.248. The standard InChI is InChI=1S/C17H29N3O2/c21-16(14-18-8-3-1-2-4-9-18)19-10-12-20(13-11-19)17(22)15-6-5-7-15/h15H,1-14H2. The number of nitrogens with zero attached hydrogens (tertiary/aromatic N) is 3. The summed E-state index contributed by atoms with van der Waals surface area (Å²) in [6.07, 6.45) is 8.36. The van der Waals surface area contributed by atoms with E-state index in [2.05, 4.69) is 4.90 Å². The van der Waals surface area contributed by atoms with E-state index in [1.165, 1.54) is 32.1 Å². The first-order chi connectivity index (χ1) is 10.7. The van der Waals surface area contributed by atoms with E-state index >= 15 is 0 Å². The van der Waals surface area contributed by atoms with Crippen LogP contribution >= 0.6 is 0 Å². The molecule has 2 amide bonds. The fraction of sp³-hybridized carbons (Fsp3) is 0.882. The summed E-state index contributed by atoms with van der Waals surface area (Å²) in [4.78, 5) is 30.9. The van der Waals surface area contributed by atoms with Crippen LogP contribution < -0.4 is 0 Å². The Morgan fingerprint density at radius 3 is 1.86 bits per heavy atom. The number of likely N-dealkylation sites (tertiary alicyclic amines) is 1. The monoisotopic (exact) mass is 307 g/mol. The quantitative estimate of drug-likeness (QED) is 0.790. The second-order valence-electron chi connectivity index (χ2n) is 7.02. The van der Waals surface area contributed by atoms with Crippen molar-refractivity contribution in [3.63, 3.8) is 0 Å². The molecule has 5 nitrogen and oxygen atoms in total. The minimum atomic E-state index is 0.248. The molecular formula is C17H29N3O2. The highest BCUT2D eigenvalue weighted by atomic mass is 16.2. The number of hydrogen-bond donors (Lipinski definition) is 0. The molecule has 0 aromatic carbocycles. The number of hydrogen-bond acceptors (Lipinski definition) is 3. The van der Waals surface area contributed by atoms with Gasteiger partial charge in [0.2, 0.25) is 11.8 Å². The molecule has 1 aliphatic carbocycles. The molecule has 124 valence electrons. The molecule has 22 heavy (non-hydrogen) atoms. The Kier molecular flexibility index (Phi) is 5.34. The molecule has 1 saturated carbocycles. The molecule has 2 heterocycles. The molecule has 0 spiro atoms. The first-order valence-corrected chi connectivity index (χ1v) is 9.03. The summed E-state index contributed by atoms with van der Waals surface area (Å²) in [5.74, 6) is 0.850. The Morgan fingerprint density at radius 1 is 0.727 bits per heavy atom. The van der Waals surface area contributed by atoms with E-state index in [-0.39, 0.29) is 11.8 Å². The van der Waals surface area contributed by atoms with E-state index in [4.69, 9.17) is 0 Å². The van der Waals surface area contributed by atoms with Crippen LogP contribution in [0.4, 0.5) is 0 Å². The third-order valence-electron chi connectivity index (χ3n) is 5.46. The molecular weight excluding hydrogens is 278 g/mol. The Bertz CT molecular complexity index is 393. The van der Waals surface area contributed by atoms with Gasteiger partial charge in [0.05, 0.1) is 6.54 Å². The van der Waals surface area contributed by atoms with Gasteiger partial charge in [-0.3, -0.25) is 14.5 Å². The van der Waals surface area contributed by atoms with Crippen molar-refractivity contribution >= 4 is 11.8 Å². The molecule has 3 fully saturated rings. The maximum atomic E-state index is 12.4. The van der Waals surface area contributed by atoms with Crippen LogP contribution in [0.1, 0.15) is 44.9 Å². The topological polar surface area (TPSA) is 43.9 Å². The predicted octanol–water partition coefficient (Wildman–Crippen LogP) is 1.33. The summed E-state index contributed by atoms with van der Waals surface area (Å²) in [6.45, 7) is 5.56. The number of carbonyl (C=O) groups excluding carboxylic acids is 2. The number of rotatable bonds is 3. The molecule has 0 N–H and O–H groups in total. The van der Waals surface area contributed by atoms with Gasteiger partial charge in [0.25, 0.3) is 0 Å². The van der Waals surface area contributed by atoms with Crippen LogP contribution in [0, 0.1) is 5.92 Å². The first-order valence-electron chi connectivity index (χ1n) is 9.03. The highest BCUT2D eigenvalue weighted by molar-refractivity contribution is 5.81. The number of carbonyl (C=O) groups is 2. The normalized spacial score (nSPS) is 24.7. The zero-order chi connectivity index (χ0) is 15.4. The summed E-state index contributed by atoms with van der Waals surface area (Å²) >= 11 is 0. The van der Waals surface area contributed by atoms with Gasteiger partial charge in [0, 0.05) is 32.1 Å². The van der Waals surface area contributed by atoms with Crippen LogP contribution in [0.25, 0.3) is 0 Å². The molecule has 2 aliphatic heterocycles. The van der Waals surface area contributed by atoms with Gasteiger partial charge in [-0.15, -0.1) is 0 Å². The Hall–Kier alpha value is -1.10. The van der Waals surface area contributed by atoms with Gasteiger partial charge in [-0.2, -0.15) is 0 Å². The lowest BCUT2D eigenvalue weighted by molar-refractivity contribution is -0.144. The maximum absolute atomic E-state index is 12.4. The van der Waals surface area contributed by atoms with Gasteiger partial charge in [-0.25, -0.2) is 0 Å². The van der Waals surface area contributed by atoms with Gasteiger partial charge >= 0.3 is 0 Å². The summed E-state index contributed by atoms with van der Waals surface area (Å²) in [5.41, 5.74) is 0. The molecule has 0 aromatic rings. The maximum Gasteiger partial charge on any atom is 0.236 e. The van der Waals surface area contributed by atoms with E-state index in [0.717, 1.165) is 39.0 Å². The van der Waals surface area contributed by atoms with E-state index in [9.17, 15) is 9.59 Å². The first kappa shape index (κ1) is 15.8. The Balaban J connectivity index is 1.42. The average Bonchev–Trinajstić information content (AvgIpc) is 2.74. The van der Waals surface area contributed by atoms with Crippen molar-refractivity contribution in [2.45, 2.75) is 44.9 Å². The van der Waals surface area contributed by atoms with Crippen LogP contribution in [0.2, 0.25) is 0 Å². The van der Waals surface area contributed by atoms with Crippen LogP contribution in [-0.4, -0.2) is 72.3 Å². The van der Waals surface area contributed by atoms with Crippen molar-refractivity contribution in [1.29, 1.82) is 0 Å². The minimum Gasteiger partial charge on any atom is -0.339 e. The Morgan fingerprint density at radius 2 is 1.32 bits per heavy atom. The van der Waals surface area contributed by atoms with Gasteiger partial charge in [0.15, 0.2) is 0 Å². The van der Waals surface area contributed by atoms with Gasteiger partial charge in [-0.05, 0) is 38.8 Å². The van der Waals surface area contributed by atoms with Gasteiger partial charge in [0.1, 0.15) is 0 Å². The van der Waals surface area contributed by atoms with Crippen LogP contribution in [0.5, 0.6) is 0 Å². The van der Waals surface area contributed by atoms with Crippen molar-refractivity contribution in [2.75, 3.05) is 45.8 Å². The second kappa shape index (κ2) is 7.44. The highest BCUT2D eigenvalue weighted by Gasteiger charge is 2.32. The van der Waals surface area contributed by atoms with Crippen LogP contribution in [0.3, 0.4) is 0 Å². The summed E-state index contributed by atoms with van der Waals surface area (Å²) in [7, 11) is 0. The zero-order valence-electron chi connectivity index (χ0n) is 13.6. The fourth-order valence-electron chi connectivity index (χ4n) is 3.68. The fourth-order valence-corrected chi connectivity index (χ4v) is 3.68. The summed E-state index contributed by atoms with van der Waals surface area (Å²) in [6, 6.07) is 0. The van der Waals surface area contributed by atoms with Crippen molar-refractivity contribution < 1.29 is 9.59 Å². The molecule has 3 aliphatic rings. The van der Waals surface area contributed by atoms with E-state index in [1.807, 2.05) is 9.80 Å². The molecule has 0 bridgehead atoms. The predicted molar refractivity (Wildman–Crippen MR) is 85.4 cm³/mol. The van der Waals surface area contributed by atoms with E-state index < -0.39 is 0 Å². The number of piperazine rings is 1. The molecule has 2 saturated heterocycles. The van der Waals surface area contributed by atoms with Gasteiger partial charge < -0.3 is 9.80 Å². The van der Waals surface area contributed by atoms with Crippen molar-refractivity contribution in [2.24, 2.45) is 5.92 Å². The smallest absolute Gasteiger partial charge is 0.236 e. The average molecular weight is 307 g/mol. The third-order valence-corrected chi connectivity index (χ3v) is 5.46. The summed E-state index contributed by atoms with van der Waals surface area (Å²) in [5, 5.41) is 0. The van der Waals surface area contributed by atoms with Crippen molar-refractivity contribution in [3.05, 3.63) is 0 Å². The lowest BCUT2D eigenvalue weighted by Crippen LogP contribution is -2.54. The molecule has 0 unspecified atom stereocenters.